The van der Waals surface area contributed by atoms with E-state index in [0.29, 0.717) is 5.75 Å². The number of rotatable bonds is 8. The van der Waals surface area contributed by atoms with Gasteiger partial charge in [-0.25, -0.2) is 0 Å². The van der Waals surface area contributed by atoms with Crippen LogP contribution in [-0.4, -0.2) is 25.0 Å². The fourth-order valence-electron chi connectivity index (χ4n) is 2.15. The number of thiophene rings is 1. The van der Waals surface area contributed by atoms with Crippen molar-refractivity contribution in [2.75, 3.05) is 13.2 Å². The lowest BCUT2D eigenvalue weighted by atomic mass is 10.0. The monoisotopic (exact) mass is 346 g/mol. The first kappa shape index (κ1) is 18.0. The minimum atomic E-state index is -0.328. The maximum absolute atomic E-state index is 12.1. The van der Waals surface area contributed by atoms with Crippen molar-refractivity contribution >= 4 is 23.2 Å². The topological polar surface area (TPSA) is 67.4 Å². The summed E-state index contributed by atoms with van der Waals surface area (Å²) in [5.41, 5.74) is 0. The summed E-state index contributed by atoms with van der Waals surface area (Å²) in [7, 11) is 0. The molecule has 1 atom stereocenters. The highest BCUT2D eigenvalue weighted by atomic mass is 32.1. The zero-order valence-corrected chi connectivity index (χ0v) is 14.6. The molecule has 0 fully saturated rings. The van der Waals surface area contributed by atoms with E-state index in [2.05, 4.69) is 24.5 Å². The quantitative estimate of drug-likeness (QED) is 0.772. The third-order valence-corrected chi connectivity index (χ3v) is 4.35. The average molecular weight is 346 g/mol. The van der Waals surface area contributed by atoms with Gasteiger partial charge in [-0.1, -0.05) is 38.1 Å². The van der Waals surface area contributed by atoms with Crippen molar-refractivity contribution in [3.63, 3.8) is 0 Å². The van der Waals surface area contributed by atoms with Crippen LogP contribution >= 0.6 is 11.3 Å². The second kappa shape index (κ2) is 9.08. The van der Waals surface area contributed by atoms with Crippen LogP contribution in [0.15, 0.2) is 47.8 Å². The molecule has 24 heavy (non-hydrogen) atoms. The Labute approximate surface area is 146 Å². The van der Waals surface area contributed by atoms with Crippen molar-refractivity contribution in [1.29, 1.82) is 0 Å². The van der Waals surface area contributed by atoms with Crippen LogP contribution in [0.25, 0.3) is 0 Å². The SMILES string of the molecule is CC(C)[C@H](NC(=O)CNC(=O)COc1ccccc1)c1cccs1. The molecule has 2 amide bonds. The maximum Gasteiger partial charge on any atom is 0.258 e. The summed E-state index contributed by atoms with van der Waals surface area (Å²) in [6.07, 6.45) is 0. The number of ether oxygens (including phenoxy) is 1. The predicted molar refractivity (Wildman–Crippen MR) is 95.0 cm³/mol. The van der Waals surface area contributed by atoms with Gasteiger partial charge in [0.05, 0.1) is 12.6 Å². The van der Waals surface area contributed by atoms with Crippen molar-refractivity contribution in [2.24, 2.45) is 5.92 Å². The second-order valence-corrected chi connectivity index (χ2v) is 6.66. The van der Waals surface area contributed by atoms with E-state index in [0.717, 1.165) is 4.88 Å². The molecule has 0 saturated carbocycles. The van der Waals surface area contributed by atoms with Crippen LogP contribution in [0.1, 0.15) is 24.8 Å². The third kappa shape index (κ3) is 5.70. The standard InChI is InChI=1S/C18H22N2O3S/c1-13(2)18(15-9-6-10-24-15)20-16(21)11-19-17(22)12-23-14-7-4-3-5-8-14/h3-10,13,18H,11-12H2,1-2H3,(H,19,22)(H,20,21)/t18-/m0/s1. The Balaban J connectivity index is 1.74. The number of para-hydroxylation sites is 1. The van der Waals surface area contributed by atoms with Crippen LogP contribution in [0.3, 0.4) is 0 Å². The smallest absolute Gasteiger partial charge is 0.258 e. The fourth-order valence-corrected chi connectivity index (χ4v) is 3.10. The summed E-state index contributed by atoms with van der Waals surface area (Å²) in [5.74, 6) is 0.348. The largest absolute Gasteiger partial charge is 0.484 e. The van der Waals surface area contributed by atoms with E-state index < -0.39 is 0 Å². The van der Waals surface area contributed by atoms with Crippen LogP contribution in [-0.2, 0) is 9.59 Å². The van der Waals surface area contributed by atoms with Crippen LogP contribution in [0.5, 0.6) is 5.75 Å². The lowest BCUT2D eigenvalue weighted by molar-refractivity contribution is -0.127. The molecule has 0 saturated heterocycles. The van der Waals surface area contributed by atoms with Gasteiger partial charge in [0.1, 0.15) is 5.75 Å². The number of carbonyl (C=O) groups excluding carboxylic acids is 2. The van der Waals surface area contributed by atoms with Gasteiger partial charge in [0, 0.05) is 4.88 Å². The Hall–Kier alpha value is -2.34. The number of benzene rings is 1. The molecule has 0 aliphatic rings. The second-order valence-electron chi connectivity index (χ2n) is 5.68. The van der Waals surface area contributed by atoms with E-state index in [4.69, 9.17) is 4.74 Å². The molecule has 1 aromatic carbocycles. The van der Waals surface area contributed by atoms with E-state index in [1.807, 2.05) is 35.7 Å². The van der Waals surface area contributed by atoms with E-state index in [1.165, 1.54) is 0 Å². The molecule has 0 aliphatic carbocycles. The van der Waals surface area contributed by atoms with Gasteiger partial charge in [-0.15, -0.1) is 11.3 Å². The Morgan fingerprint density at radius 3 is 2.46 bits per heavy atom. The summed E-state index contributed by atoms with van der Waals surface area (Å²) >= 11 is 1.61. The fraction of sp³-hybridized carbons (Fsp3) is 0.333. The molecule has 128 valence electrons. The number of amides is 2. The Morgan fingerprint density at radius 2 is 1.83 bits per heavy atom. The van der Waals surface area contributed by atoms with Crippen molar-refractivity contribution in [3.05, 3.63) is 52.7 Å². The van der Waals surface area contributed by atoms with Gasteiger partial charge in [0.15, 0.2) is 6.61 Å². The first-order valence-corrected chi connectivity index (χ1v) is 8.71. The molecule has 0 radical (unpaired) electrons. The summed E-state index contributed by atoms with van der Waals surface area (Å²) in [6, 6.07) is 13.0. The molecule has 1 aromatic heterocycles. The van der Waals surface area contributed by atoms with E-state index >= 15 is 0 Å². The molecular formula is C18H22N2O3S. The molecule has 6 heteroatoms. The van der Waals surface area contributed by atoms with Gasteiger partial charge in [0.2, 0.25) is 5.91 Å². The highest BCUT2D eigenvalue weighted by Gasteiger charge is 2.19. The van der Waals surface area contributed by atoms with Gasteiger partial charge in [0.25, 0.3) is 5.91 Å². The lowest BCUT2D eigenvalue weighted by Gasteiger charge is -2.21. The maximum atomic E-state index is 12.1. The lowest BCUT2D eigenvalue weighted by Crippen LogP contribution is -2.41. The minimum absolute atomic E-state index is 0.0463. The molecule has 0 aliphatic heterocycles. The number of nitrogens with one attached hydrogen (secondary N) is 2. The first-order valence-electron chi connectivity index (χ1n) is 7.83. The molecule has 2 rings (SSSR count). The van der Waals surface area contributed by atoms with Gasteiger partial charge < -0.3 is 15.4 Å². The molecule has 0 bridgehead atoms. The van der Waals surface area contributed by atoms with Crippen molar-refractivity contribution in [3.8, 4) is 5.75 Å². The molecule has 0 spiro atoms. The number of carbonyl (C=O) groups is 2. The molecule has 0 unspecified atom stereocenters. The minimum Gasteiger partial charge on any atom is -0.484 e. The number of hydrogen-bond donors (Lipinski definition) is 2. The Kier molecular flexibility index (Phi) is 6.81. The normalized spacial score (nSPS) is 11.8. The Bertz CT molecular complexity index is 642. The highest BCUT2D eigenvalue weighted by Crippen LogP contribution is 2.25. The van der Waals surface area contributed by atoms with Crippen molar-refractivity contribution < 1.29 is 14.3 Å². The zero-order chi connectivity index (χ0) is 17.4. The number of hydrogen-bond acceptors (Lipinski definition) is 4. The summed E-state index contributed by atoms with van der Waals surface area (Å²) in [4.78, 5) is 24.9. The van der Waals surface area contributed by atoms with E-state index in [1.54, 1.807) is 23.5 Å². The van der Waals surface area contributed by atoms with E-state index in [-0.39, 0.29) is 36.9 Å². The Morgan fingerprint density at radius 1 is 1.08 bits per heavy atom. The van der Waals surface area contributed by atoms with Crippen molar-refractivity contribution in [1.82, 2.24) is 10.6 Å². The molecule has 1 heterocycles. The van der Waals surface area contributed by atoms with Crippen LogP contribution in [0.2, 0.25) is 0 Å². The van der Waals surface area contributed by atoms with Crippen molar-refractivity contribution in [2.45, 2.75) is 19.9 Å². The van der Waals surface area contributed by atoms with E-state index in [9.17, 15) is 9.59 Å². The first-order chi connectivity index (χ1) is 11.6. The average Bonchev–Trinajstić information content (AvgIpc) is 3.10. The highest BCUT2D eigenvalue weighted by molar-refractivity contribution is 7.10. The van der Waals surface area contributed by atoms with Crippen LogP contribution in [0, 0.1) is 5.92 Å². The summed E-state index contributed by atoms with van der Waals surface area (Å²) < 4.78 is 5.34. The summed E-state index contributed by atoms with van der Waals surface area (Å²) in [6.45, 7) is 3.93. The zero-order valence-electron chi connectivity index (χ0n) is 13.8. The van der Waals surface area contributed by atoms with Gasteiger partial charge in [-0.05, 0) is 29.5 Å². The summed E-state index contributed by atoms with van der Waals surface area (Å²) in [5, 5.41) is 7.52. The molecule has 2 aromatic rings. The molecular weight excluding hydrogens is 324 g/mol. The molecule has 2 N–H and O–H groups in total. The van der Waals surface area contributed by atoms with Crippen LogP contribution < -0.4 is 15.4 Å². The van der Waals surface area contributed by atoms with Gasteiger partial charge >= 0.3 is 0 Å². The molecule has 5 nitrogen and oxygen atoms in total. The predicted octanol–water partition coefficient (Wildman–Crippen LogP) is 2.76. The van der Waals surface area contributed by atoms with Crippen LogP contribution in [0.4, 0.5) is 0 Å². The van der Waals surface area contributed by atoms with Gasteiger partial charge in [-0.3, -0.25) is 9.59 Å². The van der Waals surface area contributed by atoms with Gasteiger partial charge in [-0.2, -0.15) is 0 Å². The third-order valence-electron chi connectivity index (χ3n) is 3.39.